The van der Waals surface area contributed by atoms with Crippen molar-refractivity contribution in [2.75, 3.05) is 0 Å². The van der Waals surface area contributed by atoms with Gasteiger partial charge in [-0.1, -0.05) is 47.1 Å². The molecule has 4 nitrogen and oxygen atoms in total. The van der Waals surface area contributed by atoms with Crippen LogP contribution in [0.2, 0.25) is 10.0 Å². The van der Waals surface area contributed by atoms with E-state index in [1.165, 1.54) is 0 Å². The Morgan fingerprint density at radius 3 is 2.43 bits per heavy atom. The summed E-state index contributed by atoms with van der Waals surface area (Å²) in [5.74, 6) is 0.894. The molecule has 1 heterocycles. The lowest BCUT2D eigenvalue weighted by Gasteiger charge is -2.09. The predicted octanol–water partition coefficient (Wildman–Crippen LogP) is 4.68. The van der Waals surface area contributed by atoms with Crippen molar-refractivity contribution in [1.82, 2.24) is 5.32 Å². The van der Waals surface area contributed by atoms with E-state index in [1.807, 2.05) is 12.1 Å². The second-order valence-corrected chi connectivity index (χ2v) is 6.93. The highest BCUT2D eigenvalue weighted by molar-refractivity contribution is 8.15. The van der Waals surface area contributed by atoms with Gasteiger partial charge in [0, 0.05) is 5.02 Å². The Morgan fingerprint density at radius 2 is 1.83 bits per heavy atom. The van der Waals surface area contributed by atoms with Crippen molar-refractivity contribution in [2.24, 2.45) is 0 Å². The van der Waals surface area contributed by atoms with Gasteiger partial charge >= 0.3 is 0 Å². The topological polar surface area (TPSA) is 55.4 Å². The fraction of sp³-hybridized carbons (Fsp3) is 0.125. The zero-order valence-corrected chi connectivity index (χ0v) is 14.0. The average Bonchev–Trinajstić information content (AvgIpc) is 2.82. The van der Waals surface area contributed by atoms with E-state index in [4.69, 9.17) is 27.9 Å². The van der Waals surface area contributed by atoms with Crippen molar-refractivity contribution in [3.8, 4) is 11.5 Å². The van der Waals surface area contributed by atoms with Gasteiger partial charge in [0.25, 0.3) is 5.24 Å². The molecule has 0 bridgehead atoms. The second-order valence-electron chi connectivity index (χ2n) is 4.91. The Labute approximate surface area is 147 Å². The molecule has 1 N–H and O–H groups in total. The number of benzene rings is 2. The van der Waals surface area contributed by atoms with E-state index in [2.05, 4.69) is 5.32 Å². The first-order chi connectivity index (χ1) is 11.0. The Bertz CT molecular complexity index is 764. The lowest BCUT2D eigenvalue weighted by Crippen LogP contribution is -2.25. The highest BCUT2D eigenvalue weighted by Crippen LogP contribution is 2.32. The van der Waals surface area contributed by atoms with Crippen LogP contribution in [0.4, 0.5) is 4.79 Å². The molecular weight excluding hydrogens is 357 g/mol. The van der Waals surface area contributed by atoms with Gasteiger partial charge in [0.05, 0.1) is 10.3 Å². The van der Waals surface area contributed by atoms with E-state index >= 15 is 0 Å². The maximum atomic E-state index is 11.6. The molecule has 23 heavy (non-hydrogen) atoms. The number of halogens is 2. The third-order valence-electron chi connectivity index (χ3n) is 3.23. The van der Waals surface area contributed by atoms with Crippen molar-refractivity contribution < 1.29 is 14.3 Å². The predicted molar refractivity (Wildman–Crippen MR) is 91.6 cm³/mol. The van der Waals surface area contributed by atoms with Gasteiger partial charge in [0.15, 0.2) is 0 Å². The maximum Gasteiger partial charge on any atom is 0.286 e. The molecule has 2 amide bonds. The molecule has 1 saturated heterocycles. The number of hydrogen-bond donors (Lipinski definition) is 1. The van der Waals surface area contributed by atoms with E-state index in [9.17, 15) is 9.59 Å². The molecule has 2 aromatic carbocycles. The molecule has 1 unspecified atom stereocenters. The second kappa shape index (κ2) is 6.83. The number of ether oxygens (including phenoxy) is 1. The smallest absolute Gasteiger partial charge is 0.286 e. The fourth-order valence-electron chi connectivity index (χ4n) is 2.12. The summed E-state index contributed by atoms with van der Waals surface area (Å²) in [7, 11) is 0. The van der Waals surface area contributed by atoms with Crippen molar-refractivity contribution >= 4 is 46.1 Å². The monoisotopic (exact) mass is 367 g/mol. The van der Waals surface area contributed by atoms with Crippen LogP contribution in [0, 0.1) is 0 Å². The minimum atomic E-state index is -0.375. The van der Waals surface area contributed by atoms with E-state index in [0.29, 0.717) is 28.0 Å². The summed E-state index contributed by atoms with van der Waals surface area (Å²) in [6.07, 6.45) is 0.490. The molecule has 0 radical (unpaired) electrons. The number of amides is 2. The number of rotatable bonds is 4. The summed E-state index contributed by atoms with van der Waals surface area (Å²) < 4.78 is 5.70. The largest absolute Gasteiger partial charge is 0.456 e. The van der Waals surface area contributed by atoms with Gasteiger partial charge in [-0.2, -0.15) is 0 Å². The van der Waals surface area contributed by atoms with Crippen LogP contribution in [-0.2, 0) is 11.2 Å². The minimum Gasteiger partial charge on any atom is -0.456 e. The molecule has 0 spiro atoms. The van der Waals surface area contributed by atoms with E-state index < -0.39 is 0 Å². The molecule has 1 aliphatic rings. The molecule has 118 valence electrons. The van der Waals surface area contributed by atoms with Gasteiger partial charge in [-0.25, -0.2) is 0 Å². The SMILES string of the molecule is O=C1NC(=O)C(Cc2ccc(Oc3ccc(Cl)cc3Cl)cc2)S1. The number of carbonyl (C=O) groups excluding carboxylic acids is 2. The molecule has 1 fully saturated rings. The third-order valence-corrected chi connectivity index (χ3v) is 4.75. The van der Waals surface area contributed by atoms with Crippen LogP contribution >= 0.6 is 35.0 Å². The molecule has 2 aromatic rings. The van der Waals surface area contributed by atoms with Crippen molar-refractivity contribution in [3.05, 3.63) is 58.1 Å². The first-order valence-electron chi connectivity index (χ1n) is 6.74. The van der Waals surface area contributed by atoms with Crippen LogP contribution in [-0.4, -0.2) is 16.4 Å². The highest BCUT2D eigenvalue weighted by Gasteiger charge is 2.31. The number of hydrogen-bond acceptors (Lipinski definition) is 4. The van der Waals surface area contributed by atoms with Crippen LogP contribution in [0.1, 0.15) is 5.56 Å². The molecule has 1 aliphatic heterocycles. The quantitative estimate of drug-likeness (QED) is 0.852. The Balaban J connectivity index is 1.67. The summed E-state index contributed by atoms with van der Waals surface area (Å²) in [5.41, 5.74) is 0.946. The van der Waals surface area contributed by atoms with Crippen LogP contribution in [0.5, 0.6) is 11.5 Å². The Morgan fingerprint density at radius 1 is 1.09 bits per heavy atom. The highest BCUT2D eigenvalue weighted by atomic mass is 35.5. The van der Waals surface area contributed by atoms with Gasteiger partial charge in [-0.3, -0.25) is 14.9 Å². The maximum absolute atomic E-state index is 11.6. The summed E-state index contributed by atoms with van der Waals surface area (Å²) in [6, 6.07) is 12.3. The molecule has 0 aromatic heterocycles. The van der Waals surface area contributed by atoms with Gasteiger partial charge in [-0.15, -0.1) is 0 Å². The molecule has 7 heteroatoms. The molecule has 3 rings (SSSR count). The fourth-order valence-corrected chi connectivity index (χ4v) is 3.43. The van der Waals surface area contributed by atoms with Crippen LogP contribution in [0.3, 0.4) is 0 Å². The van der Waals surface area contributed by atoms with Crippen LogP contribution in [0.15, 0.2) is 42.5 Å². The van der Waals surface area contributed by atoms with Crippen molar-refractivity contribution in [3.63, 3.8) is 0 Å². The van der Waals surface area contributed by atoms with Gasteiger partial charge in [0.2, 0.25) is 5.91 Å². The average molecular weight is 368 g/mol. The van der Waals surface area contributed by atoms with Gasteiger partial charge in [-0.05, 0) is 42.3 Å². The summed E-state index contributed by atoms with van der Waals surface area (Å²) in [4.78, 5) is 22.7. The number of carbonyl (C=O) groups is 2. The summed E-state index contributed by atoms with van der Waals surface area (Å²) in [6.45, 7) is 0. The number of nitrogens with one attached hydrogen (secondary N) is 1. The van der Waals surface area contributed by atoms with Gasteiger partial charge < -0.3 is 4.74 Å². The van der Waals surface area contributed by atoms with Crippen LogP contribution < -0.4 is 10.1 Å². The van der Waals surface area contributed by atoms with E-state index in [1.54, 1.807) is 30.3 Å². The summed E-state index contributed by atoms with van der Waals surface area (Å²) in [5, 5.41) is 2.58. The number of thioether (sulfide) groups is 1. The zero-order valence-electron chi connectivity index (χ0n) is 11.7. The molecule has 0 aliphatic carbocycles. The molecule has 1 atom stereocenters. The first-order valence-corrected chi connectivity index (χ1v) is 8.38. The Kier molecular flexibility index (Phi) is 4.80. The number of imide groups is 1. The van der Waals surface area contributed by atoms with E-state index in [0.717, 1.165) is 17.3 Å². The third kappa shape index (κ3) is 3.99. The lowest BCUT2D eigenvalue weighted by atomic mass is 10.1. The normalized spacial score (nSPS) is 17.2. The van der Waals surface area contributed by atoms with Crippen molar-refractivity contribution in [1.29, 1.82) is 0 Å². The summed E-state index contributed by atoms with van der Waals surface area (Å²) >= 11 is 12.9. The Hall–Kier alpha value is -1.69. The molecular formula is C16H11Cl2NO3S. The molecule has 0 saturated carbocycles. The first kappa shape index (κ1) is 16.2. The standard InChI is InChI=1S/C16H11Cl2NO3S/c17-10-3-6-13(12(18)8-10)22-11-4-1-9(2-5-11)7-14-15(20)19-16(21)23-14/h1-6,8,14H,7H2,(H,19,20,21). The zero-order chi connectivity index (χ0) is 16.4. The van der Waals surface area contributed by atoms with E-state index in [-0.39, 0.29) is 16.4 Å². The van der Waals surface area contributed by atoms with Gasteiger partial charge in [0.1, 0.15) is 11.5 Å². The van der Waals surface area contributed by atoms with Crippen molar-refractivity contribution in [2.45, 2.75) is 11.7 Å². The van der Waals surface area contributed by atoms with Crippen LogP contribution in [0.25, 0.3) is 0 Å². The lowest BCUT2D eigenvalue weighted by molar-refractivity contribution is -0.118. The minimum absolute atomic E-state index is 0.242.